The molecule has 0 aliphatic carbocycles. The van der Waals surface area contributed by atoms with Gasteiger partial charge in [-0.2, -0.15) is 0 Å². The molecular weight excluding hydrogens is 242 g/mol. The highest BCUT2D eigenvalue weighted by Crippen LogP contribution is 2.28. The number of carbonyl (C=O) groups is 1. The Hall–Kier alpha value is -2.30. The van der Waals surface area contributed by atoms with Crippen LogP contribution in [-0.4, -0.2) is 31.7 Å². The summed E-state index contributed by atoms with van der Waals surface area (Å²) in [4.78, 5) is 17.6. The van der Waals surface area contributed by atoms with E-state index in [4.69, 9.17) is 5.73 Å². The number of benzene rings is 1. The fraction of sp³-hybridized carbons (Fsp3) is 0.286. The summed E-state index contributed by atoms with van der Waals surface area (Å²) in [7, 11) is 3.18. The van der Waals surface area contributed by atoms with Gasteiger partial charge in [0.1, 0.15) is 12.4 Å². The standard InChI is InChI=1S/C14H17N3O2/c1-9-7-11-10(5-4-6-12(11)15)14(16-9)17(2)8-13(18)19-3/h4-7H,8,15H2,1-3H3. The summed E-state index contributed by atoms with van der Waals surface area (Å²) >= 11 is 0. The minimum atomic E-state index is -0.303. The minimum absolute atomic E-state index is 0.150. The van der Waals surface area contributed by atoms with E-state index >= 15 is 0 Å². The number of fused-ring (bicyclic) bond motifs is 1. The van der Waals surface area contributed by atoms with E-state index in [0.29, 0.717) is 5.69 Å². The van der Waals surface area contributed by atoms with Crippen LogP contribution in [0.25, 0.3) is 10.8 Å². The Labute approximate surface area is 112 Å². The van der Waals surface area contributed by atoms with E-state index in [1.807, 2.05) is 31.2 Å². The zero-order valence-corrected chi connectivity index (χ0v) is 11.3. The average Bonchev–Trinajstić information content (AvgIpc) is 2.38. The molecule has 0 saturated heterocycles. The van der Waals surface area contributed by atoms with E-state index in [2.05, 4.69) is 9.72 Å². The van der Waals surface area contributed by atoms with Crippen LogP contribution >= 0.6 is 0 Å². The lowest BCUT2D eigenvalue weighted by Gasteiger charge is -2.19. The fourth-order valence-electron chi connectivity index (χ4n) is 2.03. The van der Waals surface area contributed by atoms with Crippen molar-refractivity contribution in [3.05, 3.63) is 30.0 Å². The molecular formula is C14H17N3O2. The van der Waals surface area contributed by atoms with Gasteiger partial charge in [0.2, 0.25) is 0 Å². The Morgan fingerprint density at radius 1 is 1.42 bits per heavy atom. The van der Waals surface area contributed by atoms with Gasteiger partial charge in [-0.25, -0.2) is 4.98 Å². The van der Waals surface area contributed by atoms with Crippen molar-refractivity contribution in [2.45, 2.75) is 6.92 Å². The van der Waals surface area contributed by atoms with E-state index in [0.717, 1.165) is 22.3 Å². The van der Waals surface area contributed by atoms with Crippen LogP contribution in [0.1, 0.15) is 5.69 Å². The summed E-state index contributed by atoms with van der Waals surface area (Å²) in [5, 5.41) is 1.87. The highest BCUT2D eigenvalue weighted by Gasteiger charge is 2.13. The molecule has 0 aliphatic heterocycles. The summed E-state index contributed by atoms with van der Waals surface area (Å²) in [5.41, 5.74) is 7.55. The van der Waals surface area contributed by atoms with Crippen LogP contribution in [0.5, 0.6) is 0 Å². The molecule has 0 fully saturated rings. The molecule has 2 aromatic rings. The van der Waals surface area contributed by atoms with E-state index in [1.165, 1.54) is 7.11 Å². The van der Waals surface area contributed by atoms with E-state index in [9.17, 15) is 4.79 Å². The largest absolute Gasteiger partial charge is 0.468 e. The number of rotatable bonds is 3. The molecule has 5 nitrogen and oxygen atoms in total. The smallest absolute Gasteiger partial charge is 0.325 e. The number of anilines is 2. The molecule has 0 saturated carbocycles. The SMILES string of the molecule is COC(=O)CN(C)c1nc(C)cc2c(N)cccc12. The second kappa shape index (κ2) is 5.14. The second-order valence-electron chi connectivity index (χ2n) is 4.46. The quantitative estimate of drug-likeness (QED) is 0.671. The van der Waals surface area contributed by atoms with Crippen molar-refractivity contribution in [3.63, 3.8) is 0 Å². The molecule has 0 unspecified atom stereocenters. The van der Waals surface area contributed by atoms with Crippen molar-refractivity contribution in [2.24, 2.45) is 0 Å². The number of methoxy groups -OCH3 is 1. The molecule has 19 heavy (non-hydrogen) atoms. The molecule has 0 aliphatic rings. The van der Waals surface area contributed by atoms with Gasteiger partial charge >= 0.3 is 5.97 Å². The van der Waals surface area contributed by atoms with Crippen molar-refractivity contribution >= 4 is 28.2 Å². The van der Waals surface area contributed by atoms with Gasteiger partial charge in [0.05, 0.1) is 7.11 Å². The van der Waals surface area contributed by atoms with Gasteiger partial charge in [-0.1, -0.05) is 12.1 Å². The van der Waals surface area contributed by atoms with Crippen molar-refractivity contribution in [2.75, 3.05) is 31.3 Å². The lowest BCUT2D eigenvalue weighted by molar-refractivity contribution is -0.138. The number of nitrogen functional groups attached to an aromatic ring is 1. The number of hydrogen-bond donors (Lipinski definition) is 1. The first-order chi connectivity index (χ1) is 9.02. The van der Waals surface area contributed by atoms with Crippen LogP contribution in [0, 0.1) is 6.92 Å². The first-order valence-electron chi connectivity index (χ1n) is 5.96. The van der Waals surface area contributed by atoms with Crippen LogP contribution in [0.3, 0.4) is 0 Å². The Bertz CT molecular complexity index is 625. The maximum Gasteiger partial charge on any atom is 0.325 e. The van der Waals surface area contributed by atoms with Crippen molar-refractivity contribution in [1.29, 1.82) is 0 Å². The Kier molecular flexibility index (Phi) is 3.55. The Balaban J connectivity index is 2.53. The molecule has 1 heterocycles. The molecule has 0 radical (unpaired) electrons. The third kappa shape index (κ3) is 2.59. The Morgan fingerprint density at radius 2 is 2.16 bits per heavy atom. The number of hydrogen-bond acceptors (Lipinski definition) is 5. The molecule has 100 valence electrons. The molecule has 5 heteroatoms. The van der Waals surface area contributed by atoms with Crippen molar-refractivity contribution in [3.8, 4) is 0 Å². The van der Waals surface area contributed by atoms with Crippen LogP contribution in [0.4, 0.5) is 11.5 Å². The van der Waals surface area contributed by atoms with Crippen molar-refractivity contribution < 1.29 is 9.53 Å². The zero-order valence-electron chi connectivity index (χ0n) is 11.3. The number of aryl methyl sites for hydroxylation is 1. The zero-order chi connectivity index (χ0) is 14.0. The first kappa shape index (κ1) is 13.1. The van der Waals surface area contributed by atoms with Gasteiger partial charge in [0.15, 0.2) is 0 Å². The number of aromatic nitrogens is 1. The van der Waals surface area contributed by atoms with E-state index in [1.54, 1.807) is 11.9 Å². The van der Waals surface area contributed by atoms with E-state index in [-0.39, 0.29) is 12.5 Å². The summed E-state index contributed by atoms with van der Waals surface area (Å²) in [6, 6.07) is 7.62. The van der Waals surface area contributed by atoms with Gasteiger partial charge in [0.25, 0.3) is 0 Å². The minimum Gasteiger partial charge on any atom is -0.468 e. The molecule has 2 rings (SSSR count). The van der Waals surface area contributed by atoms with Gasteiger partial charge in [-0.3, -0.25) is 4.79 Å². The number of ether oxygens (including phenoxy) is 1. The average molecular weight is 259 g/mol. The number of carbonyl (C=O) groups excluding carboxylic acids is 1. The van der Waals surface area contributed by atoms with Gasteiger partial charge in [-0.15, -0.1) is 0 Å². The second-order valence-corrected chi connectivity index (χ2v) is 4.46. The predicted octanol–water partition coefficient (Wildman–Crippen LogP) is 1.73. The van der Waals surface area contributed by atoms with Gasteiger partial charge in [0, 0.05) is 29.2 Å². The lowest BCUT2D eigenvalue weighted by Crippen LogP contribution is -2.27. The summed E-state index contributed by atoms with van der Waals surface area (Å²) in [5.74, 6) is 0.426. The molecule has 1 aromatic heterocycles. The maximum atomic E-state index is 11.4. The van der Waals surface area contributed by atoms with Gasteiger partial charge in [-0.05, 0) is 19.1 Å². The molecule has 0 bridgehead atoms. The summed E-state index contributed by atoms with van der Waals surface area (Å²) in [6.07, 6.45) is 0. The lowest BCUT2D eigenvalue weighted by atomic mass is 10.1. The number of pyridine rings is 1. The number of nitrogens with zero attached hydrogens (tertiary/aromatic N) is 2. The first-order valence-corrected chi connectivity index (χ1v) is 5.96. The fourth-order valence-corrected chi connectivity index (χ4v) is 2.03. The molecule has 0 amide bonds. The molecule has 0 atom stereocenters. The highest BCUT2D eigenvalue weighted by atomic mass is 16.5. The third-order valence-corrected chi connectivity index (χ3v) is 2.97. The molecule has 0 spiro atoms. The van der Waals surface area contributed by atoms with Gasteiger partial charge < -0.3 is 15.4 Å². The van der Waals surface area contributed by atoms with Crippen LogP contribution in [0.15, 0.2) is 24.3 Å². The van der Waals surface area contributed by atoms with Crippen LogP contribution in [0.2, 0.25) is 0 Å². The van der Waals surface area contributed by atoms with E-state index < -0.39 is 0 Å². The third-order valence-electron chi connectivity index (χ3n) is 2.97. The van der Waals surface area contributed by atoms with Crippen LogP contribution < -0.4 is 10.6 Å². The highest BCUT2D eigenvalue weighted by molar-refractivity contribution is 6.00. The number of likely N-dealkylation sites (N-methyl/N-ethyl adjacent to an activating group) is 1. The monoisotopic (exact) mass is 259 g/mol. The topological polar surface area (TPSA) is 68.5 Å². The summed E-state index contributed by atoms with van der Waals surface area (Å²) in [6.45, 7) is 2.05. The normalized spacial score (nSPS) is 10.5. The number of nitrogens with two attached hydrogens (primary N) is 1. The van der Waals surface area contributed by atoms with Crippen LogP contribution in [-0.2, 0) is 9.53 Å². The molecule has 1 aromatic carbocycles. The Morgan fingerprint density at radius 3 is 2.84 bits per heavy atom. The molecule has 2 N–H and O–H groups in total. The van der Waals surface area contributed by atoms with Crippen molar-refractivity contribution in [1.82, 2.24) is 4.98 Å². The summed E-state index contributed by atoms with van der Waals surface area (Å²) < 4.78 is 4.68. The predicted molar refractivity (Wildman–Crippen MR) is 76.2 cm³/mol. The maximum absolute atomic E-state index is 11.4. The number of esters is 1.